The van der Waals surface area contributed by atoms with Crippen molar-refractivity contribution in [3.05, 3.63) is 29.8 Å². The van der Waals surface area contributed by atoms with E-state index in [-0.39, 0.29) is 0 Å². The molecule has 0 radical (unpaired) electrons. The molecule has 2 rings (SSSR count). The van der Waals surface area contributed by atoms with Crippen LogP contribution in [0.5, 0.6) is 0 Å². The molecular formula is C14H20N2O. The zero-order chi connectivity index (χ0) is 12.3. The predicted molar refractivity (Wildman–Crippen MR) is 69.5 cm³/mol. The van der Waals surface area contributed by atoms with Crippen LogP contribution in [0.3, 0.4) is 0 Å². The maximum Gasteiger partial charge on any atom is 0.222 e. The maximum atomic E-state index is 11.7. The smallest absolute Gasteiger partial charge is 0.222 e. The Morgan fingerprint density at radius 3 is 2.65 bits per heavy atom. The van der Waals surface area contributed by atoms with E-state index in [1.807, 2.05) is 29.2 Å². The van der Waals surface area contributed by atoms with E-state index in [2.05, 4.69) is 6.92 Å². The third-order valence-electron chi connectivity index (χ3n) is 3.52. The van der Waals surface area contributed by atoms with Crippen LogP contribution in [0.4, 0.5) is 5.69 Å². The van der Waals surface area contributed by atoms with E-state index in [1.165, 1.54) is 5.56 Å². The number of carbonyl (C=O) groups is 1. The van der Waals surface area contributed by atoms with Gasteiger partial charge in [-0.1, -0.05) is 25.5 Å². The molecule has 1 unspecified atom stereocenters. The van der Waals surface area contributed by atoms with Gasteiger partial charge in [-0.05, 0) is 30.0 Å². The van der Waals surface area contributed by atoms with E-state index >= 15 is 0 Å². The van der Waals surface area contributed by atoms with Gasteiger partial charge in [0.25, 0.3) is 0 Å². The third-order valence-corrected chi connectivity index (χ3v) is 3.52. The maximum absolute atomic E-state index is 11.7. The number of likely N-dealkylation sites (tertiary alicyclic amines) is 1. The number of carbonyl (C=O) groups excluding carboxylic acids is 1. The van der Waals surface area contributed by atoms with Gasteiger partial charge in [-0.3, -0.25) is 4.79 Å². The normalized spacial score (nSPS) is 19.9. The molecule has 1 aromatic carbocycles. The van der Waals surface area contributed by atoms with Gasteiger partial charge >= 0.3 is 0 Å². The molecule has 0 bridgehead atoms. The highest BCUT2D eigenvalue weighted by molar-refractivity contribution is 5.78. The van der Waals surface area contributed by atoms with Crippen LogP contribution in [-0.4, -0.2) is 23.9 Å². The molecule has 3 nitrogen and oxygen atoms in total. The molecule has 1 aliphatic rings. The van der Waals surface area contributed by atoms with Crippen LogP contribution in [0.15, 0.2) is 24.3 Å². The lowest BCUT2D eigenvalue weighted by atomic mass is 10.1. The number of hydrogen-bond acceptors (Lipinski definition) is 2. The lowest BCUT2D eigenvalue weighted by molar-refractivity contribution is -0.127. The minimum absolute atomic E-state index is 0.312. The summed E-state index contributed by atoms with van der Waals surface area (Å²) >= 11 is 0. The van der Waals surface area contributed by atoms with Crippen molar-refractivity contribution in [3.8, 4) is 0 Å². The lowest BCUT2D eigenvalue weighted by Gasteiger charge is -2.16. The molecule has 1 heterocycles. The first kappa shape index (κ1) is 12.0. The fraction of sp³-hybridized carbons (Fsp3) is 0.500. The summed E-state index contributed by atoms with van der Waals surface area (Å²) in [6.07, 6.45) is 2.75. The number of nitrogens with zero attached hydrogens (tertiary/aromatic N) is 1. The highest BCUT2D eigenvalue weighted by Gasteiger charge is 2.27. The van der Waals surface area contributed by atoms with Crippen molar-refractivity contribution in [2.45, 2.75) is 26.2 Å². The molecule has 17 heavy (non-hydrogen) atoms. The Morgan fingerprint density at radius 2 is 2.06 bits per heavy atom. The molecule has 0 aliphatic carbocycles. The van der Waals surface area contributed by atoms with Crippen LogP contribution in [-0.2, 0) is 11.2 Å². The minimum atomic E-state index is 0.312. The highest BCUT2D eigenvalue weighted by atomic mass is 16.2. The van der Waals surface area contributed by atoms with Gasteiger partial charge in [-0.15, -0.1) is 0 Å². The van der Waals surface area contributed by atoms with E-state index in [9.17, 15) is 4.79 Å². The molecule has 1 saturated heterocycles. The lowest BCUT2D eigenvalue weighted by Crippen LogP contribution is -2.27. The van der Waals surface area contributed by atoms with E-state index < -0.39 is 0 Å². The van der Waals surface area contributed by atoms with Gasteiger partial charge in [0.05, 0.1) is 0 Å². The fourth-order valence-electron chi connectivity index (χ4n) is 2.29. The molecule has 0 saturated carbocycles. The van der Waals surface area contributed by atoms with Gasteiger partial charge in [0.15, 0.2) is 0 Å². The largest absolute Gasteiger partial charge is 0.399 e. The Bertz CT molecular complexity index is 386. The van der Waals surface area contributed by atoms with Crippen molar-refractivity contribution < 1.29 is 4.79 Å². The summed E-state index contributed by atoms with van der Waals surface area (Å²) in [4.78, 5) is 13.7. The van der Waals surface area contributed by atoms with Gasteiger partial charge < -0.3 is 10.6 Å². The third kappa shape index (κ3) is 2.99. The number of benzene rings is 1. The fourth-order valence-corrected chi connectivity index (χ4v) is 2.29. The first-order valence-electron chi connectivity index (χ1n) is 6.31. The summed E-state index contributed by atoms with van der Waals surface area (Å²) in [6.45, 7) is 3.92. The molecule has 1 amide bonds. The molecule has 92 valence electrons. The molecule has 1 aliphatic heterocycles. The van der Waals surface area contributed by atoms with Crippen LogP contribution in [0.25, 0.3) is 0 Å². The molecule has 1 aromatic rings. The van der Waals surface area contributed by atoms with Gasteiger partial charge in [0, 0.05) is 25.2 Å². The summed E-state index contributed by atoms with van der Waals surface area (Å²) < 4.78 is 0. The van der Waals surface area contributed by atoms with E-state index in [1.54, 1.807) is 0 Å². The topological polar surface area (TPSA) is 46.3 Å². The van der Waals surface area contributed by atoms with Gasteiger partial charge in [0.1, 0.15) is 0 Å². The van der Waals surface area contributed by atoms with Crippen LogP contribution < -0.4 is 5.73 Å². The minimum Gasteiger partial charge on any atom is -0.399 e. The molecule has 0 spiro atoms. The van der Waals surface area contributed by atoms with Crippen LogP contribution >= 0.6 is 0 Å². The molecule has 2 N–H and O–H groups in total. The van der Waals surface area contributed by atoms with Gasteiger partial charge in [-0.2, -0.15) is 0 Å². The molecule has 3 heteroatoms. The van der Waals surface area contributed by atoms with E-state index in [0.717, 1.165) is 38.0 Å². The number of rotatable bonds is 4. The number of hydrogen-bond donors (Lipinski definition) is 1. The molecular weight excluding hydrogens is 212 g/mol. The molecule has 1 fully saturated rings. The van der Waals surface area contributed by atoms with Crippen molar-refractivity contribution in [3.63, 3.8) is 0 Å². The summed E-state index contributed by atoms with van der Waals surface area (Å²) in [5, 5.41) is 0. The number of amides is 1. The standard InChI is InChI=1S/C14H20N2O/c1-2-11-9-14(17)16(10-11)8-7-12-3-5-13(15)6-4-12/h3-6,11H,2,7-10,15H2,1H3. The molecule has 0 aromatic heterocycles. The van der Waals surface area contributed by atoms with E-state index in [4.69, 9.17) is 5.73 Å². The second-order valence-corrected chi connectivity index (χ2v) is 4.81. The average molecular weight is 232 g/mol. The summed E-state index contributed by atoms with van der Waals surface area (Å²) in [5.74, 6) is 0.876. The average Bonchev–Trinajstić information content (AvgIpc) is 2.69. The van der Waals surface area contributed by atoms with Crippen molar-refractivity contribution in [2.75, 3.05) is 18.8 Å². The Morgan fingerprint density at radius 1 is 1.35 bits per heavy atom. The Kier molecular flexibility index (Phi) is 3.67. The van der Waals surface area contributed by atoms with Crippen LogP contribution in [0.1, 0.15) is 25.3 Å². The monoisotopic (exact) mass is 232 g/mol. The van der Waals surface area contributed by atoms with Crippen LogP contribution in [0.2, 0.25) is 0 Å². The number of nitrogens with two attached hydrogens (primary N) is 1. The van der Waals surface area contributed by atoms with Gasteiger partial charge in [0.2, 0.25) is 5.91 Å². The van der Waals surface area contributed by atoms with Crippen molar-refractivity contribution >= 4 is 11.6 Å². The summed E-state index contributed by atoms with van der Waals surface area (Å²) in [7, 11) is 0. The summed E-state index contributed by atoms with van der Waals surface area (Å²) in [6, 6.07) is 7.90. The summed E-state index contributed by atoms with van der Waals surface area (Å²) in [5.41, 5.74) is 7.67. The van der Waals surface area contributed by atoms with Crippen molar-refractivity contribution in [1.29, 1.82) is 0 Å². The SMILES string of the molecule is CCC1CC(=O)N(CCc2ccc(N)cc2)C1. The zero-order valence-electron chi connectivity index (χ0n) is 10.4. The van der Waals surface area contributed by atoms with Crippen LogP contribution in [0, 0.1) is 5.92 Å². The van der Waals surface area contributed by atoms with E-state index in [0.29, 0.717) is 11.8 Å². The zero-order valence-corrected chi connectivity index (χ0v) is 10.4. The Balaban J connectivity index is 1.86. The highest BCUT2D eigenvalue weighted by Crippen LogP contribution is 2.20. The van der Waals surface area contributed by atoms with Crippen molar-refractivity contribution in [2.24, 2.45) is 5.92 Å². The Labute approximate surface area is 103 Å². The molecule has 1 atom stereocenters. The second kappa shape index (κ2) is 5.21. The Hall–Kier alpha value is -1.51. The first-order valence-corrected chi connectivity index (χ1v) is 6.31. The number of anilines is 1. The quantitative estimate of drug-likeness (QED) is 0.808. The predicted octanol–water partition coefficient (Wildman–Crippen LogP) is 2.07. The second-order valence-electron chi connectivity index (χ2n) is 4.81. The first-order chi connectivity index (χ1) is 8.19. The number of nitrogen functional groups attached to an aromatic ring is 1. The van der Waals surface area contributed by atoms with Crippen molar-refractivity contribution in [1.82, 2.24) is 4.90 Å². The van der Waals surface area contributed by atoms with Gasteiger partial charge in [-0.25, -0.2) is 0 Å².